The second-order valence-electron chi connectivity index (χ2n) is 2.95. The average Bonchev–Trinajstić information content (AvgIpc) is 2.16. The van der Waals surface area contributed by atoms with E-state index in [4.69, 9.17) is 16.2 Å². The van der Waals surface area contributed by atoms with Crippen molar-refractivity contribution in [1.29, 1.82) is 0 Å². The quantitative estimate of drug-likeness (QED) is 0.459. The molecule has 0 unspecified atom stereocenters. The Bertz CT molecular complexity index is 310. The highest BCUT2D eigenvalue weighted by molar-refractivity contribution is 6.04. The second kappa shape index (κ2) is 3.76. The van der Waals surface area contributed by atoms with Crippen molar-refractivity contribution in [1.82, 2.24) is 0 Å². The van der Waals surface area contributed by atoms with Crippen LogP contribution in [0.2, 0.25) is 0 Å². The molecule has 0 bridgehead atoms. The Hall–Kier alpha value is -1.77. The first-order valence-corrected chi connectivity index (χ1v) is 3.79. The van der Waals surface area contributed by atoms with E-state index in [0.29, 0.717) is 11.4 Å². The predicted octanol–water partition coefficient (Wildman–Crippen LogP) is 0.213. The molecule has 13 heavy (non-hydrogen) atoms. The van der Waals surface area contributed by atoms with Crippen LogP contribution in [0.5, 0.6) is 0 Å². The highest BCUT2D eigenvalue weighted by Gasteiger charge is 2.36. The van der Waals surface area contributed by atoms with Crippen LogP contribution in [0.3, 0.4) is 0 Å². The Morgan fingerprint density at radius 2 is 1.77 bits per heavy atom. The van der Waals surface area contributed by atoms with Gasteiger partial charge in [-0.15, -0.1) is 0 Å². The van der Waals surface area contributed by atoms with E-state index in [2.05, 4.69) is 9.58 Å². The molecule has 0 aromatic heterocycles. The highest BCUT2D eigenvalue weighted by Crippen LogP contribution is 2.18. The summed E-state index contributed by atoms with van der Waals surface area (Å²) in [5.74, 6) is -1.62. The summed E-state index contributed by atoms with van der Waals surface area (Å²) in [5.41, 5.74) is 17.6. The molecule has 0 atom stereocenters. The molecular formula is C7H8N4O2. The molecule has 0 aliphatic heterocycles. The summed E-state index contributed by atoms with van der Waals surface area (Å²) < 4.78 is 0. The predicted molar refractivity (Wildman–Crippen MR) is 42.2 cm³/mol. The molecule has 0 saturated heterocycles. The van der Waals surface area contributed by atoms with E-state index in [-0.39, 0.29) is 19.3 Å². The first-order valence-electron chi connectivity index (χ1n) is 3.79. The Morgan fingerprint density at radius 3 is 2.08 bits per heavy atom. The Morgan fingerprint density at radius 1 is 1.31 bits per heavy atom. The van der Waals surface area contributed by atoms with Crippen LogP contribution in [-0.4, -0.2) is 32.1 Å². The fraction of sp³-hybridized carbons (Fsp3) is 0.571. The average molecular weight is 180 g/mol. The summed E-state index contributed by atoms with van der Waals surface area (Å²) in [4.78, 5) is 16.5. The van der Waals surface area contributed by atoms with Crippen molar-refractivity contribution in [2.45, 2.75) is 19.3 Å². The molecular weight excluding hydrogens is 172 g/mol. The fourth-order valence-electron chi connectivity index (χ4n) is 1.35. The van der Waals surface area contributed by atoms with Crippen LogP contribution in [-0.2, 0) is 4.79 Å². The minimum atomic E-state index is -0.970. The largest absolute Gasteiger partial charge is 0.481 e. The minimum Gasteiger partial charge on any atom is -0.481 e. The maximum atomic E-state index is 10.6. The smallest absolute Gasteiger partial charge is 0.307 e. The van der Waals surface area contributed by atoms with Crippen molar-refractivity contribution in [2.75, 3.05) is 0 Å². The van der Waals surface area contributed by atoms with Gasteiger partial charge in [0.2, 0.25) is 0 Å². The fourth-order valence-corrected chi connectivity index (χ4v) is 1.35. The summed E-state index contributed by atoms with van der Waals surface area (Å²) in [7, 11) is 0. The van der Waals surface area contributed by atoms with E-state index in [1.807, 2.05) is 0 Å². The molecule has 6 nitrogen and oxygen atoms in total. The monoisotopic (exact) mass is 180 g/mol. The summed E-state index contributed by atoms with van der Waals surface area (Å²) in [5, 5.41) is 8.69. The molecule has 1 aliphatic rings. The standard InChI is InChI=1S/C7H8N4O2/c8-10-5-1-4(7(12)13)2-6(3-5)11-9/h4H,1-3H2,(H,12,13). The first-order chi connectivity index (χ1) is 6.17. The van der Waals surface area contributed by atoms with Crippen molar-refractivity contribution in [3.63, 3.8) is 0 Å². The maximum absolute atomic E-state index is 10.6. The number of hydrogen-bond donors (Lipinski definition) is 1. The van der Waals surface area contributed by atoms with Crippen LogP contribution in [0.15, 0.2) is 0 Å². The Kier molecular flexibility index (Phi) is 2.69. The lowest BCUT2D eigenvalue weighted by Gasteiger charge is -2.10. The van der Waals surface area contributed by atoms with Crippen LogP contribution < -0.4 is 0 Å². The summed E-state index contributed by atoms with van der Waals surface area (Å²) >= 11 is 0. The third-order valence-corrected chi connectivity index (χ3v) is 2.00. The Balaban J connectivity index is 2.89. The van der Waals surface area contributed by atoms with Crippen LogP contribution in [0.1, 0.15) is 19.3 Å². The maximum Gasteiger partial charge on any atom is 0.307 e. The number of carboxylic acids is 1. The van der Waals surface area contributed by atoms with Crippen LogP contribution in [0, 0.1) is 5.92 Å². The zero-order chi connectivity index (χ0) is 9.84. The van der Waals surface area contributed by atoms with Gasteiger partial charge in [-0.1, -0.05) is 0 Å². The van der Waals surface area contributed by atoms with Gasteiger partial charge in [0.05, 0.1) is 18.8 Å². The molecule has 0 heterocycles. The second-order valence-corrected chi connectivity index (χ2v) is 2.95. The zero-order valence-electron chi connectivity index (χ0n) is 6.84. The summed E-state index contributed by atoms with van der Waals surface area (Å²) in [6.45, 7) is 0. The lowest BCUT2D eigenvalue weighted by Crippen LogP contribution is -2.29. The van der Waals surface area contributed by atoms with Gasteiger partial charge in [-0.2, -0.15) is 9.58 Å². The van der Waals surface area contributed by atoms with Crippen molar-refractivity contribution in [3.8, 4) is 0 Å². The third kappa shape index (κ3) is 2.08. The van der Waals surface area contributed by atoms with Gasteiger partial charge in [0.25, 0.3) is 11.4 Å². The normalized spacial score (nSPS) is 22.0. The van der Waals surface area contributed by atoms with E-state index < -0.39 is 11.9 Å². The van der Waals surface area contributed by atoms with Gasteiger partial charge in [0.15, 0.2) is 0 Å². The molecule has 68 valence electrons. The first kappa shape index (κ1) is 9.32. The molecule has 0 amide bonds. The van der Waals surface area contributed by atoms with Crippen LogP contribution in [0.25, 0.3) is 11.1 Å². The van der Waals surface area contributed by atoms with Crippen molar-refractivity contribution in [3.05, 3.63) is 11.1 Å². The highest BCUT2D eigenvalue weighted by atomic mass is 16.4. The van der Waals surface area contributed by atoms with E-state index in [0.717, 1.165) is 0 Å². The number of nitrogens with zero attached hydrogens (tertiary/aromatic N) is 4. The van der Waals surface area contributed by atoms with E-state index in [1.54, 1.807) is 0 Å². The number of carboxylic acid groups (broad SMARTS) is 1. The van der Waals surface area contributed by atoms with Gasteiger partial charge < -0.3 is 16.2 Å². The van der Waals surface area contributed by atoms with E-state index in [9.17, 15) is 4.79 Å². The molecule has 0 radical (unpaired) electrons. The molecule has 0 spiro atoms. The van der Waals surface area contributed by atoms with E-state index >= 15 is 0 Å². The number of hydrogen-bond acceptors (Lipinski definition) is 1. The Labute approximate surface area is 74.0 Å². The zero-order valence-corrected chi connectivity index (χ0v) is 6.84. The molecule has 6 heteroatoms. The summed E-state index contributed by atoms with van der Waals surface area (Å²) in [6, 6.07) is 0. The van der Waals surface area contributed by atoms with Crippen molar-refractivity contribution >= 4 is 17.4 Å². The van der Waals surface area contributed by atoms with Crippen LogP contribution in [0.4, 0.5) is 0 Å². The lowest BCUT2D eigenvalue weighted by molar-refractivity contribution is -0.142. The molecule has 1 rings (SSSR count). The third-order valence-electron chi connectivity index (χ3n) is 2.00. The van der Waals surface area contributed by atoms with Gasteiger partial charge in [-0.05, 0) is 0 Å². The van der Waals surface area contributed by atoms with Gasteiger partial charge in [-0.25, -0.2) is 0 Å². The molecule has 1 N–H and O–H groups in total. The number of aliphatic carboxylic acids is 1. The topological polar surface area (TPSA) is 110 Å². The number of rotatable bonds is 1. The van der Waals surface area contributed by atoms with Gasteiger partial charge >= 0.3 is 5.97 Å². The lowest BCUT2D eigenvalue weighted by atomic mass is 9.86. The SMILES string of the molecule is [N-]=[N+]=C1CC(=[N+]=[N-])CC(C(=O)O)C1. The van der Waals surface area contributed by atoms with Crippen LogP contribution >= 0.6 is 0 Å². The summed E-state index contributed by atoms with van der Waals surface area (Å²) in [6.07, 6.45) is 0.673. The van der Waals surface area contributed by atoms with E-state index in [1.165, 1.54) is 0 Å². The molecule has 0 aromatic carbocycles. The molecule has 1 fully saturated rings. The molecule has 1 saturated carbocycles. The number of carbonyl (C=O) groups is 1. The van der Waals surface area contributed by atoms with Gasteiger partial charge in [0, 0.05) is 0 Å². The molecule has 0 aromatic rings. The van der Waals surface area contributed by atoms with Gasteiger partial charge in [-0.3, -0.25) is 4.79 Å². The van der Waals surface area contributed by atoms with Crippen molar-refractivity contribution in [2.24, 2.45) is 5.92 Å². The molecule has 1 aliphatic carbocycles. The minimum absolute atomic E-state index is 0.213. The van der Waals surface area contributed by atoms with Gasteiger partial charge in [0.1, 0.15) is 6.42 Å². The van der Waals surface area contributed by atoms with Crippen molar-refractivity contribution < 1.29 is 19.5 Å².